The molecular formula is C14H18N4O2. The fourth-order valence-corrected chi connectivity index (χ4v) is 2.01. The van der Waals surface area contributed by atoms with Crippen molar-refractivity contribution in [1.29, 1.82) is 0 Å². The van der Waals surface area contributed by atoms with E-state index in [0.717, 1.165) is 5.56 Å². The van der Waals surface area contributed by atoms with Crippen molar-refractivity contribution in [3.8, 4) is 0 Å². The average molecular weight is 274 g/mol. The molecule has 0 aliphatic heterocycles. The number of nitrogens with one attached hydrogen (secondary N) is 2. The average Bonchev–Trinajstić information content (AvgIpc) is 2.39. The first kappa shape index (κ1) is 14.2. The second-order valence-corrected chi connectivity index (χ2v) is 4.88. The summed E-state index contributed by atoms with van der Waals surface area (Å²) in [6.45, 7) is 2.60. The Morgan fingerprint density at radius 3 is 2.90 bits per heavy atom. The molecule has 0 fully saturated rings. The molecule has 0 aliphatic carbocycles. The van der Waals surface area contributed by atoms with Gasteiger partial charge in [-0.05, 0) is 26.1 Å². The van der Waals surface area contributed by atoms with Gasteiger partial charge in [0.2, 0.25) is 5.91 Å². The van der Waals surface area contributed by atoms with E-state index in [4.69, 9.17) is 0 Å². The molecule has 0 unspecified atom stereocenters. The van der Waals surface area contributed by atoms with Crippen LogP contribution in [-0.2, 0) is 11.3 Å². The Morgan fingerprint density at radius 1 is 1.45 bits per heavy atom. The number of aryl methyl sites for hydroxylation is 1. The number of benzene rings is 1. The third-order valence-corrected chi connectivity index (χ3v) is 3.02. The van der Waals surface area contributed by atoms with Crippen molar-refractivity contribution in [2.45, 2.75) is 13.5 Å². The largest absolute Gasteiger partial charge is 0.358 e. The fourth-order valence-electron chi connectivity index (χ4n) is 2.01. The number of carbonyl (C=O) groups excluding carboxylic acids is 1. The van der Waals surface area contributed by atoms with Gasteiger partial charge in [-0.15, -0.1) is 0 Å². The molecule has 0 bridgehead atoms. The lowest BCUT2D eigenvalue weighted by Gasteiger charge is -2.14. The van der Waals surface area contributed by atoms with Gasteiger partial charge in [0.15, 0.2) is 0 Å². The number of hydrogen-bond donors (Lipinski definition) is 2. The molecule has 2 rings (SSSR count). The predicted octanol–water partition coefficient (Wildman–Crippen LogP) is 0.409. The summed E-state index contributed by atoms with van der Waals surface area (Å²) < 4.78 is 0. The summed E-state index contributed by atoms with van der Waals surface area (Å²) in [5, 5.41) is 3.14. The Balaban J connectivity index is 2.26. The monoisotopic (exact) mass is 274 g/mol. The predicted molar refractivity (Wildman–Crippen MR) is 77.5 cm³/mol. The number of rotatable bonds is 4. The van der Waals surface area contributed by atoms with Crippen LogP contribution in [0.1, 0.15) is 11.4 Å². The SMILES string of the molecule is CNC(=O)CN(C)Cc1nc2ccc(C)cc2c(=O)[nH]1. The van der Waals surface area contributed by atoms with E-state index in [1.165, 1.54) is 0 Å². The number of aromatic amines is 1. The molecule has 1 aromatic heterocycles. The van der Waals surface area contributed by atoms with Crippen molar-refractivity contribution >= 4 is 16.8 Å². The Morgan fingerprint density at radius 2 is 2.20 bits per heavy atom. The lowest BCUT2D eigenvalue weighted by molar-refractivity contribution is -0.121. The van der Waals surface area contributed by atoms with E-state index in [-0.39, 0.29) is 18.0 Å². The quantitative estimate of drug-likeness (QED) is 0.846. The molecule has 2 aromatic rings. The Kier molecular flexibility index (Phi) is 4.14. The van der Waals surface area contributed by atoms with Crippen LogP contribution in [0.3, 0.4) is 0 Å². The molecule has 106 valence electrons. The molecule has 20 heavy (non-hydrogen) atoms. The standard InChI is InChI=1S/C14H18N4O2/c1-9-4-5-11-10(6-9)14(20)17-12(16-11)7-18(3)8-13(19)15-2/h4-6H,7-8H2,1-3H3,(H,15,19)(H,16,17,20). The second kappa shape index (κ2) is 5.83. The Bertz CT molecular complexity index is 693. The number of aromatic nitrogens is 2. The van der Waals surface area contributed by atoms with Crippen LogP contribution >= 0.6 is 0 Å². The van der Waals surface area contributed by atoms with Crippen molar-refractivity contribution < 1.29 is 4.79 Å². The molecule has 0 saturated heterocycles. The smallest absolute Gasteiger partial charge is 0.258 e. The fraction of sp³-hybridized carbons (Fsp3) is 0.357. The van der Waals surface area contributed by atoms with Gasteiger partial charge in [-0.25, -0.2) is 4.98 Å². The molecule has 6 nitrogen and oxygen atoms in total. The van der Waals surface area contributed by atoms with Gasteiger partial charge in [-0.2, -0.15) is 0 Å². The Hall–Kier alpha value is -2.21. The van der Waals surface area contributed by atoms with Crippen molar-refractivity contribution in [3.63, 3.8) is 0 Å². The van der Waals surface area contributed by atoms with Crippen LogP contribution in [0.25, 0.3) is 10.9 Å². The molecule has 1 amide bonds. The number of likely N-dealkylation sites (N-methyl/N-ethyl adjacent to an activating group) is 2. The van der Waals surface area contributed by atoms with Crippen LogP contribution < -0.4 is 10.9 Å². The number of amides is 1. The molecule has 6 heteroatoms. The topological polar surface area (TPSA) is 78.1 Å². The van der Waals surface area contributed by atoms with Crippen LogP contribution in [-0.4, -0.2) is 41.4 Å². The zero-order valence-corrected chi connectivity index (χ0v) is 11.9. The van der Waals surface area contributed by atoms with E-state index >= 15 is 0 Å². The van der Waals surface area contributed by atoms with E-state index in [1.807, 2.05) is 25.1 Å². The van der Waals surface area contributed by atoms with Crippen molar-refractivity contribution in [2.24, 2.45) is 0 Å². The number of hydrogen-bond acceptors (Lipinski definition) is 4. The van der Waals surface area contributed by atoms with Gasteiger partial charge in [0.05, 0.1) is 24.0 Å². The minimum atomic E-state index is -0.151. The van der Waals surface area contributed by atoms with Gasteiger partial charge < -0.3 is 10.3 Å². The van der Waals surface area contributed by atoms with Crippen LogP contribution in [0, 0.1) is 6.92 Å². The van der Waals surface area contributed by atoms with E-state index in [1.54, 1.807) is 19.0 Å². The first-order valence-electron chi connectivity index (χ1n) is 6.38. The highest BCUT2D eigenvalue weighted by atomic mass is 16.2. The van der Waals surface area contributed by atoms with E-state index in [9.17, 15) is 9.59 Å². The molecule has 2 N–H and O–H groups in total. The minimum absolute atomic E-state index is 0.0775. The first-order valence-corrected chi connectivity index (χ1v) is 6.38. The highest BCUT2D eigenvalue weighted by Gasteiger charge is 2.09. The Labute approximate surface area is 116 Å². The van der Waals surface area contributed by atoms with Gasteiger partial charge in [0, 0.05) is 7.05 Å². The van der Waals surface area contributed by atoms with Gasteiger partial charge in [0.1, 0.15) is 5.82 Å². The summed E-state index contributed by atoms with van der Waals surface area (Å²) in [6.07, 6.45) is 0. The molecule has 0 aliphatic rings. The lowest BCUT2D eigenvalue weighted by Crippen LogP contribution is -2.33. The summed E-state index contributed by atoms with van der Waals surface area (Å²) in [7, 11) is 3.39. The van der Waals surface area contributed by atoms with E-state index in [0.29, 0.717) is 23.3 Å². The van der Waals surface area contributed by atoms with Crippen molar-refractivity contribution in [3.05, 3.63) is 39.9 Å². The van der Waals surface area contributed by atoms with Crippen LogP contribution in [0.5, 0.6) is 0 Å². The zero-order chi connectivity index (χ0) is 14.7. The van der Waals surface area contributed by atoms with Crippen molar-refractivity contribution in [2.75, 3.05) is 20.6 Å². The third-order valence-electron chi connectivity index (χ3n) is 3.02. The normalized spacial score (nSPS) is 11.0. The molecule has 0 atom stereocenters. The summed E-state index contributed by atoms with van der Waals surface area (Å²) in [5.74, 6) is 0.476. The highest BCUT2D eigenvalue weighted by molar-refractivity contribution is 5.78. The summed E-state index contributed by atoms with van der Waals surface area (Å²) >= 11 is 0. The first-order chi connectivity index (χ1) is 9.49. The molecule has 1 aromatic carbocycles. The number of nitrogens with zero attached hydrogens (tertiary/aromatic N) is 2. The molecule has 0 saturated carbocycles. The lowest BCUT2D eigenvalue weighted by atomic mass is 10.2. The van der Waals surface area contributed by atoms with Crippen LogP contribution in [0.15, 0.2) is 23.0 Å². The maximum atomic E-state index is 12.0. The van der Waals surface area contributed by atoms with Gasteiger partial charge in [-0.1, -0.05) is 11.6 Å². The zero-order valence-electron chi connectivity index (χ0n) is 11.9. The van der Waals surface area contributed by atoms with E-state index < -0.39 is 0 Å². The maximum Gasteiger partial charge on any atom is 0.258 e. The van der Waals surface area contributed by atoms with Crippen LogP contribution in [0.2, 0.25) is 0 Å². The molecule has 0 spiro atoms. The number of carbonyl (C=O) groups is 1. The molecule has 1 heterocycles. The third kappa shape index (κ3) is 3.21. The minimum Gasteiger partial charge on any atom is -0.358 e. The van der Waals surface area contributed by atoms with Crippen LogP contribution in [0.4, 0.5) is 0 Å². The number of H-pyrrole nitrogens is 1. The maximum absolute atomic E-state index is 12.0. The summed E-state index contributed by atoms with van der Waals surface area (Å²) in [6, 6.07) is 5.58. The van der Waals surface area contributed by atoms with Gasteiger partial charge in [-0.3, -0.25) is 14.5 Å². The van der Waals surface area contributed by atoms with Crippen molar-refractivity contribution in [1.82, 2.24) is 20.2 Å². The summed E-state index contributed by atoms with van der Waals surface area (Å²) in [5.41, 5.74) is 1.54. The number of fused-ring (bicyclic) bond motifs is 1. The molecular weight excluding hydrogens is 256 g/mol. The second-order valence-electron chi connectivity index (χ2n) is 4.88. The van der Waals surface area contributed by atoms with E-state index in [2.05, 4.69) is 15.3 Å². The molecule has 0 radical (unpaired) electrons. The highest BCUT2D eigenvalue weighted by Crippen LogP contribution is 2.09. The van der Waals surface area contributed by atoms with Gasteiger partial charge in [0.25, 0.3) is 5.56 Å². The van der Waals surface area contributed by atoms with Gasteiger partial charge >= 0.3 is 0 Å². The summed E-state index contributed by atoms with van der Waals surface area (Å²) in [4.78, 5) is 32.3.